The van der Waals surface area contributed by atoms with Crippen LogP contribution in [0.4, 0.5) is 5.69 Å². The van der Waals surface area contributed by atoms with Gasteiger partial charge in [-0.05, 0) is 41.5 Å². The van der Waals surface area contributed by atoms with E-state index in [9.17, 15) is 9.59 Å². The molecule has 5 rings (SSSR count). The second-order valence-electron chi connectivity index (χ2n) is 7.36. The van der Waals surface area contributed by atoms with Crippen molar-refractivity contribution in [2.75, 3.05) is 18.9 Å². The van der Waals surface area contributed by atoms with Crippen molar-refractivity contribution in [1.29, 1.82) is 0 Å². The number of hydrogen-bond donors (Lipinski definition) is 2. The number of fused-ring (bicyclic) bond motifs is 2. The van der Waals surface area contributed by atoms with E-state index < -0.39 is 11.9 Å². The van der Waals surface area contributed by atoms with Gasteiger partial charge in [0.1, 0.15) is 6.04 Å². The first kappa shape index (κ1) is 20.4. The highest BCUT2D eigenvalue weighted by molar-refractivity contribution is 6.00. The van der Waals surface area contributed by atoms with Crippen LogP contribution in [0.3, 0.4) is 0 Å². The molecule has 0 spiro atoms. The summed E-state index contributed by atoms with van der Waals surface area (Å²) in [5.74, 6) is 1.67. The Balaban J connectivity index is 1.31. The first-order valence-corrected chi connectivity index (χ1v) is 10.3. The van der Waals surface area contributed by atoms with Crippen molar-refractivity contribution < 1.29 is 28.5 Å². The molecule has 1 atom stereocenters. The van der Waals surface area contributed by atoms with Gasteiger partial charge in [-0.15, -0.1) is 0 Å². The Morgan fingerprint density at radius 2 is 1.45 bits per heavy atom. The molecule has 2 aliphatic heterocycles. The molecule has 33 heavy (non-hydrogen) atoms. The largest absolute Gasteiger partial charge is 0.454 e. The first-order chi connectivity index (χ1) is 16.2. The van der Waals surface area contributed by atoms with Gasteiger partial charge in [0.2, 0.25) is 19.5 Å². The lowest BCUT2D eigenvalue weighted by Crippen LogP contribution is -2.36. The molecule has 0 bridgehead atoms. The van der Waals surface area contributed by atoms with E-state index >= 15 is 0 Å². The lowest BCUT2D eigenvalue weighted by molar-refractivity contribution is -0.123. The molecule has 1 unspecified atom stereocenters. The molecular formula is C25H20N2O6. The zero-order chi connectivity index (χ0) is 22.6. The van der Waals surface area contributed by atoms with E-state index in [1.807, 2.05) is 24.3 Å². The van der Waals surface area contributed by atoms with Crippen LogP contribution in [0.25, 0.3) is 6.08 Å². The highest BCUT2D eigenvalue weighted by Gasteiger charge is 2.23. The summed E-state index contributed by atoms with van der Waals surface area (Å²) in [5.41, 5.74) is 1.96. The molecule has 3 aromatic carbocycles. The Morgan fingerprint density at radius 3 is 2.21 bits per heavy atom. The molecular weight excluding hydrogens is 424 g/mol. The van der Waals surface area contributed by atoms with Gasteiger partial charge in [-0.1, -0.05) is 36.4 Å². The van der Waals surface area contributed by atoms with Crippen molar-refractivity contribution >= 4 is 23.6 Å². The van der Waals surface area contributed by atoms with Crippen molar-refractivity contribution in [2.24, 2.45) is 0 Å². The summed E-state index contributed by atoms with van der Waals surface area (Å²) in [6.45, 7) is 0.325. The van der Waals surface area contributed by atoms with Crippen LogP contribution < -0.4 is 29.6 Å². The summed E-state index contributed by atoms with van der Waals surface area (Å²) >= 11 is 0. The summed E-state index contributed by atoms with van der Waals surface area (Å²) in [7, 11) is 0. The molecule has 0 saturated heterocycles. The van der Waals surface area contributed by atoms with E-state index in [1.165, 1.54) is 6.08 Å². The second-order valence-corrected chi connectivity index (χ2v) is 7.36. The van der Waals surface area contributed by atoms with Gasteiger partial charge in [0.25, 0.3) is 5.91 Å². The quantitative estimate of drug-likeness (QED) is 0.564. The van der Waals surface area contributed by atoms with E-state index in [-0.39, 0.29) is 19.5 Å². The van der Waals surface area contributed by atoms with Gasteiger partial charge >= 0.3 is 0 Å². The molecule has 0 aromatic heterocycles. The van der Waals surface area contributed by atoms with Crippen molar-refractivity contribution in [3.8, 4) is 23.0 Å². The van der Waals surface area contributed by atoms with Crippen LogP contribution in [0.15, 0.2) is 72.8 Å². The standard InChI is InChI=1S/C25H20N2O6/c28-23(11-7-16-6-9-19-21(12-16)32-14-30-19)27-24(17-4-2-1-3-5-17)25(29)26-18-8-10-20-22(13-18)33-15-31-20/h1-13,24H,14-15H2,(H,26,29)(H,27,28)/b11-7+. The maximum atomic E-state index is 13.1. The summed E-state index contributed by atoms with van der Waals surface area (Å²) in [6.07, 6.45) is 3.02. The highest BCUT2D eigenvalue weighted by atomic mass is 16.7. The molecule has 0 radical (unpaired) electrons. The lowest BCUT2D eigenvalue weighted by Gasteiger charge is -2.18. The summed E-state index contributed by atoms with van der Waals surface area (Å²) in [6, 6.07) is 18.6. The first-order valence-electron chi connectivity index (χ1n) is 10.3. The van der Waals surface area contributed by atoms with Crippen LogP contribution in [0.2, 0.25) is 0 Å². The van der Waals surface area contributed by atoms with Gasteiger partial charge in [-0.2, -0.15) is 0 Å². The van der Waals surface area contributed by atoms with Crippen LogP contribution in [-0.2, 0) is 9.59 Å². The van der Waals surface area contributed by atoms with E-state index in [1.54, 1.807) is 48.5 Å². The number of benzene rings is 3. The normalized spacial score (nSPS) is 14.2. The van der Waals surface area contributed by atoms with Gasteiger partial charge in [0.15, 0.2) is 23.0 Å². The second kappa shape index (κ2) is 8.96. The fourth-order valence-corrected chi connectivity index (χ4v) is 3.51. The summed E-state index contributed by atoms with van der Waals surface area (Å²) < 4.78 is 21.3. The minimum atomic E-state index is -0.898. The number of ether oxygens (including phenoxy) is 4. The number of nitrogens with one attached hydrogen (secondary N) is 2. The van der Waals surface area contributed by atoms with E-state index in [4.69, 9.17) is 18.9 Å². The maximum absolute atomic E-state index is 13.1. The SMILES string of the molecule is O=C(/C=C/c1ccc2c(c1)OCO2)NC(C(=O)Nc1ccc2c(c1)OCO2)c1ccccc1. The Hall–Kier alpha value is -4.46. The molecule has 0 saturated carbocycles. The zero-order valence-corrected chi connectivity index (χ0v) is 17.4. The number of hydrogen-bond acceptors (Lipinski definition) is 6. The predicted octanol–water partition coefficient (Wildman–Crippen LogP) is 3.65. The van der Waals surface area contributed by atoms with Crippen LogP contribution in [-0.4, -0.2) is 25.4 Å². The molecule has 0 aliphatic carbocycles. The number of rotatable bonds is 6. The van der Waals surface area contributed by atoms with Crippen LogP contribution in [0.5, 0.6) is 23.0 Å². The third-order valence-electron chi connectivity index (χ3n) is 5.15. The van der Waals surface area contributed by atoms with Gasteiger partial charge < -0.3 is 29.6 Å². The Morgan fingerprint density at radius 1 is 0.788 bits per heavy atom. The lowest BCUT2D eigenvalue weighted by atomic mass is 10.1. The van der Waals surface area contributed by atoms with Crippen LogP contribution >= 0.6 is 0 Å². The van der Waals surface area contributed by atoms with Gasteiger partial charge in [0, 0.05) is 17.8 Å². The maximum Gasteiger partial charge on any atom is 0.251 e. The highest BCUT2D eigenvalue weighted by Crippen LogP contribution is 2.35. The molecule has 166 valence electrons. The molecule has 2 heterocycles. The fourth-order valence-electron chi connectivity index (χ4n) is 3.51. The minimum absolute atomic E-state index is 0.144. The van der Waals surface area contributed by atoms with E-state index in [0.717, 1.165) is 5.56 Å². The average Bonchev–Trinajstić information content (AvgIpc) is 3.50. The molecule has 2 N–H and O–H groups in total. The fraction of sp³-hybridized carbons (Fsp3) is 0.120. The molecule has 3 aromatic rings. The Labute approximate surface area is 189 Å². The van der Waals surface area contributed by atoms with E-state index in [0.29, 0.717) is 34.2 Å². The molecule has 0 fully saturated rings. The van der Waals surface area contributed by atoms with Crippen molar-refractivity contribution in [2.45, 2.75) is 6.04 Å². The Bertz CT molecular complexity index is 1220. The summed E-state index contributed by atoms with van der Waals surface area (Å²) in [4.78, 5) is 25.8. The molecule has 8 nitrogen and oxygen atoms in total. The summed E-state index contributed by atoms with van der Waals surface area (Å²) in [5, 5.41) is 5.61. The van der Waals surface area contributed by atoms with Gasteiger partial charge in [-0.25, -0.2) is 0 Å². The number of carbonyl (C=O) groups excluding carboxylic acids is 2. The number of anilines is 1. The minimum Gasteiger partial charge on any atom is -0.454 e. The Kier molecular flexibility index (Phi) is 5.55. The third kappa shape index (κ3) is 4.59. The van der Waals surface area contributed by atoms with Crippen LogP contribution in [0.1, 0.15) is 17.2 Å². The smallest absolute Gasteiger partial charge is 0.251 e. The van der Waals surface area contributed by atoms with Crippen molar-refractivity contribution in [3.63, 3.8) is 0 Å². The van der Waals surface area contributed by atoms with Gasteiger partial charge in [-0.3, -0.25) is 9.59 Å². The van der Waals surface area contributed by atoms with Crippen LogP contribution in [0, 0.1) is 0 Å². The molecule has 8 heteroatoms. The topological polar surface area (TPSA) is 95.1 Å². The van der Waals surface area contributed by atoms with Gasteiger partial charge in [0.05, 0.1) is 0 Å². The predicted molar refractivity (Wildman–Crippen MR) is 120 cm³/mol. The van der Waals surface area contributed by atoms with Crippen molar-refractivity contribution in [3.05, 3.63) is 83.9 Å². The monoisotopic (exact) mass is 444 g/mol. The van der Waals surface area contributed by atoms with Crippen molar-refractivity contribution in [1.82, 2.24) is 5.32 Å². The average molecular weight is 444 g/mol. The third-order valence-corrected chi connectivity index (χ3v) is 5.15. The number of amides is 2. The molecule has 2 amide bonds. The zero-order valence-electron chi connectivity index (χ0n) is 17.4. The van der Waals surface area contributed by atoms with E-state index in [2.05, 4.69) is 10.6 Å². The molecule has 2 aliphatic rings. The number of carbonyl (C=O) groups is 2.